The van der Waals surface area contributed by atoms with E-state index in [0.717, 1.165) is 5.56 Å². The van der Waals surface area contributed by atoms with Gasteiger partial charge in [0.05, 0.1) is 5.69 Å². The van der Waals surface area contributed by atoms with Crippen molar-refractivity contribution in [1.82, 2.24) is 14.8 Å². The first-order chi connectivity index (χ1) is 10.7. The Morgan fingerprint density at radius 3 is 2.41 bits per heavy atom. The minimum Gasteiger partial charge on any atom is -0.350 e. The van der Waals surface area contributed by atoms with E-state index in [1.165, 1.54) is 4.57 Å². The molecule has 0 saturated heterocycles. The predicted octanol–water partition coefficient (Wildman–Crippen LogP) is 3.48. The molecule has 3 rings (SSSR count). The Bertz CT molecular complexity index is 822. The van der Waals surface area contributed by atoms with Crippen LogP contribution in [0, 0.1) is 0 Å². The van der Waals surface area contributed by atoms with Crippen molar-refractivity contribution in [3.8, 4) is 5.69 Å². The Morgan fingerprint density at radius 2 is 1.73 bits per heavy atom. The standard InChI is InChI=1S/C15H12Cl2N4O/c16-12-7-4-8-13(17)11(12)9-18-14-19-20-15(22)21(14)10-5-2-1-3-6-10/h1-8H,9H2,(H,18,19)(H,20,22). The van der Waals surface area contributed by atoms with E-state index in [2.05, 4.69) is 15.5 Å². The van der Waals surface area contributed by atoms with Crippen LogP contribution in [0.5, 0.6) is 0 Å². The summed E-state index contributed by atoms with van der Waals surface area (Å²) in [4.78, 5) is 11.9. The molecule has 0 amide bonds. The molecule has 0 spiro atoms. The minimum absolute atomic E-state index is 0.320. The lowest BCUT2D eigenvalue weighted by Crippen LogP contribution is -2.17. The summed E-state index contributed by atoms with van der Waals surface area (Å²) in [5.41, 5.74) is 1.15. The molecule has 22 heavy (non-hydrogen) atoms. The van der Waals surface area contributed by atoms with E-state index in [4.69, 9.17) is 23.2 Å². The summed E-state index contributed by atoms with van der Waals surface area (Å²) in [6, 6.07) is 14.5. The van der Waals surface area contributed by atoms with Crippen molar-refractivity contribution >= 4 is 29.2 Å². The molecule has 0 bridgehead atoms. The molecular formula is C15H12Cl2N4O. The van der Waals surface area contributed by atoms with Crippen LogP contribution in [0.1, 0.15) is 5.56 Å². The molecule has 0 aliphatic carbocycles. The number of aromatic amines is 1. The predicted molar refractivity (Wildman–Crippen MR) is 88.0 cm³/mol. The van der Waals surface area contributed by atoms with Gasteiger partial charge in [-0.05, 0) is 24.3 Å². The highest BCUT2D eigenvalue weighted by molar-refractivity contribution is 6.36. The number of halogens is 2. The molecule has 1 aromatic heterocycles. The van der Waals surface area contributed by atoms with Gasteiger partial charge in [0, 0.05) is 22.2 Å². The molecule has 5 nitrogen and oxygen atoms in total. The minimum atomic E-state index is -0.320. The fourth-order valence-corrected chi connectivity index (χ4v) is 2.63. The van der Waals surface area contributed by atoms with Gasteiger partial charge in [-0.3, -0.25) is 0 Å². The maximum Gasteiger partial charge on any atom is 0.349 e. The zero-order valence-electron chi connectivity index (χ0n) is 11.4. The number of benzene rings is 2. The van der Waals surface area contributed by atoms with Crippen molar-refractivity contribution < 1.29 is 0 Å². The summed E-state index contributed by atoms with van der Waals surface area (Å²) in [6.07, 6.45) is 0. The number of rotatable bonds is 4. The molecule has 0 aliphatic rings. The van der Waals surface area contributed by atoms with Gasteiger partial charge >= 0.3 is 5.69 Å². The van der Waals surface area contributed by atoms with E-state index in [-0.39, 0.29) is 5.69 Å². The number of nitrogens with zero attached hydrogens (tertiary/aromatic N) is 2. The number of hydrogen-bond donors (Lipinski definition) is 2. The fourth-order valence-electron chi connectivity index (χ4n) is 2.10. The summed E-state index contributed by atoms with van der Waals surface area (Å²) >= 11 is 12.3. The van der Waals surface area contributed by atoms with Crippen LogP contribution in [0.4, 0.5) is 5.95 Å². The van der Waals surface area contributed by atoms with Crippen LogP contribution in [0.3, 0.4) is 0 Å². The van der Waals surface area contributed by atoms with Crippen LogP contribution >= 0.6 is 23.2 Å². The van der Waals surface area contributed by atoms with Crippen LogP contribution in [-0.2, 0) is 6.54 Å². The van der Waals surface area contributed by atoms with Crippen LogP contribution in [0.15, 0.2) is 53.3 Å². The summed E-state index contributed by atoms with van der Waals surface area (Å²) in [7, 11) is 0. The molecule has 1 heterocycles. The van der Waals surface area contributed by atoms with Crippen LogP contribution in [0.25, 0.3) is 5.69 Å². The maximum atomic E-state index is 11.9. The van der Waals surface area contributed by atoms with Crippen molar-refractivity contribution in [1.29, 1.82) is 0 Å². The number of nitrogens with one attached hydrogen (secondary N) is 2. The lowest BCUT2D eigenvalue weighted by atomic mass is 10.2. The van der Waals surface area contributed by atoms with Gasteiger partial charge in [-0.15, -0.1) is 5.10 Å². The number of aromatic nitrogens is 3. The first kappa shape index (κ1) is 14.7. The Morgan fingerprint density at radius 1 is 1.05 bits per heavy atom. The molecule has 112 valence electrons. The third-order valence-corrected chi connectivity index (χ3v) is 3.88. The maximum absolute atomic E-state index is 11.9. The second-order valence-electron chi connectivity index (χ2n) is 4.58. The van der Waals surface area contributed by atoms with Crippen LogP contribution in [-0.4, -0.2) is 14.8 Å². The third-order valence-electron chi connectivity index (χ3n) is 3.17. The second kappa shape index (κ2) is 6.25. The zero-order chi connectivity index (χ0) is 15.5. The monoisotopic (exact) mass is 334 g/mol. The van der Waals surface area contributed by atoms with E-state index in [1.54, 1.807) is 18.2 Å². The third kappa shape index (κ3) is 2.86. The molecule has 3 aromatic rings. The molecule has 0 radical (unpaired) electrons. The SMILES string of the molecule is O=c1[nH]nc(NCc2c(Cl)cccc2Cl)n1-c1ccccc1. The van der Waals surface area contributed by atoms with E-state index >= 15 is 0 Å². The Labute approximate surface area is 136 Å². The molecule has 7 heteroatoms. The normalized spacial score (nSPS) is 10.6. The van der Waals surface area contributed by atoms with Crippen LogP contribution in [0.2, 0.25) is 10.0 Å². The zero-order valence-corrected chi connectivity index (χ0v) is 12.9. The van der Waals surface area contributed by atoms with E-state index in [1.807, 2.05) is 30.3 Å². The van der Waals surface area contributed by atoms with Crippen molar-refractivity contribution in [3.05, 3.63) is 74.6 Å². The van der Waals surface area contributed by atoms with E-state index in [9.17, 15) is 4.79 Å². The van der Waals surface area contributed by atoms with Gasteiger partial charge < -0.3 is 5.32 Å². The summed E-state index contributed by atoms with van der Waals surface area (Å²) in [5, 5.41) is 10.6. The molecule has 2 aromatic carbocycles. The first-order valence-corrected chi connectivity index (χ1v) is 7.32. The van der Waals surface area contributed by atoms with Crippen molar-refractivity contribution in [2.24, 2.45) is 0 Å². The molecule has 0 aliphatic heterocycles. The van der Waals surface area contributed by atoms with Gasteiger partial charge in [0.25, 0.3) is 0 Å². The number of para-hydroxylation sites is 1. The van der Waals surface area contributed by atoms with Crippen LogP contribution < -0.4 is 11.0 Å². The summed E-state index contributed by atoms with van der Waals surface area (Å²) in [5.74, 6) is 0.396. The number of anilines is 1. The molecular weight excluding hydrogens is 323 g/mol. The summed E-state index contributed by atoms with van der Waals surface area (Å²) in [6.45, 7) is 0.357. The molecule has 0 unspecified atom stereocenters. The highest BCUT2D eigenvalue weighted by atomic mass is 35.5. The van der Waals surface area contributed by atoms with Gasteiger partial charge in [-0.1, -0.05) is 47.5 Å². The molecule has 2 N–H and O–H groups in total. The molecule has 0 atom stereocenters. The lowest BCUT2D eigenvalue weighted by Gasteiger charge is -2.10. The molecule has 0 saturated carbocycles. The largest absolute Gasteiger partial charge is 0.350 e. The first-order valence-electron chi connectivity index (χ1n) is 6.56. The average molecular weight is 335 g/mol. The summed E-state index contributed by atoms with van der Waals surface area (Å²) < 4.78 is 1.45. The van der Waals surface area contributed by atoms with Gasteiger partial charge in [0.15, 0.2) is 0 Å². The highest BCUT2D eigenvalue weighted by Gasteiger charge is 2.11. The van der Waals surface area contributed by atoms with E-state index < -0.39 is 0 Å². The highest BCUT2D eigenvalue weighted by Crippen LogP contribution is 2.25. The molecule has 0 fully saturated rings. The Balaban J connectivity index is 1.90. The van der Waals surface area contributed by atoms with Crippen molar-refractivity contribution in [2.45, 2.75) is 6.54 Å². The van der Waals surface area contributed by atoms with Gasteiger partial charge in [-0.2, -0.15) is 0 Å². The van der Waals surface area contributed by atoms with Gasteiger partial charge in [0.1, 0.15) is 0 Å². The van der Waals surface area contributed by atoms with Crippen molar-refractivity contribution in [2.75, 3.05) is 5.32 Å². The Hall–Kier alpha value is -2.24. The smallest absolute Gasteiger partial charge is 0.349 e. The van der Waals surface area contributed by atoms with Gasteiger partial charge in [-0.25, -0.2) is 14.5 Å². The lowest BCUT2D eigenvalue weighted by molar-refractivity contribution is 0.970. The number of hydrogen-bond acceptors (Lipinski definition) is 3. The average Bonchev–Trinajstić information content (AvgIpc) is 2.88. The van der Waals surface area contributed by atoms with Gasteiger partial charge in [0.2, 0.25) is 5.95 Å². The van der Waals surface area contributed by atoms with Crippen molar-refractivity contribution in [3.63, 3.8) is 0 Å². The fraction of sp³-hybridized carbons (Fsp3) is 0.0667. The topological polar surface area (TPSA) is 62.7 Å². The quantitative estimate of drug-likeness (QED) is 0.767. The second-order valence-corrected chi connectivity index (χ2v) is 5.39. The van der Waals surface area contributed by atoms with E-state index in [0.29, 0.717) is 28.2 Å². The number of H-pyrrole nitrogens is 1. The Kier molecular flexibility index (Phi) is 4.18.